The number of non-ortho nitro benzene ring substituents is 1. The van der Waals surface area contributed by atoms with Crippen LogP contribution in [-0.4, -0.2) is 17.0 Å². The first-order chi connectivity index (χ1) is 14.9. The average Bonchev–Trinajstić information content (AvgIpc) is 2.74. The quantitative estimate of drug-likeness (QED) is 0.233. The van der Waals surface area contributed by atoms with Crippen LogP contribution in [0.5, 0.6) is 5.75 Å². The van der Waals surface area contributed by atoms with Gasteiger partial charge in [0.1, 0.15) is 12.4 Å². The molecular weight excluding hydrogens is 530 g/mol. The number of hydrazone groups is 1. The lowest BCUT2D eigenvalue weighted by atomic mass is 10.1. The van der Waals surface area contributed by atoms with Gasteiger partial charge in [0.15, 0.2) is 0 Å². The number of rotatable bonds is 8. The molecule has 0 aliphatic rings. The Morgan fingerprint density at radius 1 is 1.03 bits per heavy atom. The van der Waals surface area contributed by atoms with E-state index < -0.39 is 4.92 Å². The van der Waals surface area contributed by atoms with Crippen LogP contribution in [0.4, 0.5) is 5.69 Å². The van der Waals surface area contributed by atoms with Gasteiger partial charge in [0.05, 0.1) is 26.5 Å². The number of nitro benzene ring substituents is 1. The van der Waals surface area contributed by atoms with Crippen molar-refractivity contribution >= 4 is 49.7 Å². The molecule has 3 aromatic carbocycles. The smallest absolute Gasteiger partial charge is 0.269 e. The summed E-state index contributed by atoms with van der Waals surface area (Å²) in [5.74, 6) is 0.342. The number of carbonyl (C=O) groups is 1. The number of nitrogens with one attached hydrogen (secondary N) is 1. The second-order valence-corrected chi connectivity index (χ2v) is 8.19. The van der Waals surface area contributed by atoms with Crippen molar-refractivity contribution in [2.24, 2.45) is 5.10 Å². The van der Waals surface area contributed by atoms with Gasteiger partial charge in [-0.15, -0.1) is 0 Å². The molecule has 0 bridgehead atoms. The SMILES string of the molecule is O=C(Cc1ccc([N+](=O)[O-])cc1)N/N=C\c1cc(Br)c(OCc2ccccc2)c(Br)c1. The summed E-state index contributed by atoms with van der Waals surface area (Å²) in [6.07, 6.45) is 1.58. The minimum absolute atomic E-state index is 0.0190. The van der Waals surface area contributed by atoms with E-state index in [0.29, 0.717) is 17.9 Å². The van der Waals surface area contributed by atoms with E-state index in [-0.39, 0.29) is 18.0 Å². The van der Waals surface area contributed by atoms with Crippen molar-refractivity contribution in [2.75, 3.05) is 0 Å². The van der Waals surface area contributed by atoms with Gasteiger partial charge in [-0.25, -0.2) is 5.43 Å². The lowest BCUT2D eigenvalue weighted by molar-refractivity contribution is -0.384. The molecule has 0 fully saturated rings. The number of halogens is 2. The van der Waals surface area contributed by atoms with E-state index in [1.807, 2.05) is 42.5 Å². The van der Waals surface area contributed by atoms with Crippen molar-refractivity contribution in [3.63, 3.8) is 0 Å². The van der Waals surface area contributed by atoms with Gasteiger partial charge in [-0.2, -0.15) is 5.10 Å². The summed E-state index contributed by atoms with van der Waals surface area (Å²) in [4.78, 5) is 22.2. The highest BCUT2D eigenvalue weighted by Crippen LogP contribution is 2.35. The molecule has 0 heterocycles. The van der Waals surface area contributed by atoms with Crippen LogP contribution in [0, 0.1) is 10.1 Å². The molecule has 3 aromatic rings. The summed E-state index contributed by atoms with van der Waals surface area (Å²) in [7, 11) is 0. The standard InChI is InChI=1S/C22H17Br2N3O4/c23-19-10-17(11-20(24)22(19)31-14-16-4-2-1-3-5-16)13-25-26-21(28)12-15-6-8-18(9-7-15)27(29)30/h1-11,13H,12,14H2,(H,26,28)/b25-13-. The Morgan fingerprint density at radius 2 is 1.68 bits per heavy atom. The number of benzene rings is 3. The van der Waals surface area contributed by atoms with Crippen LogP contribution in [0.15, 0.2) is 80.8 Å². The zero-order valence-corrected chi connectivity index (χ0v) is 19.3. The first kappa shape index (κ1) is 22.6. The number of amides is 1. The lowest BCUT2D eigenvalue weighted by Gasteiger charge is -2.11. The molecule has 0 spiro atoms. The fourth-order valence-electron chi connectivity index (χ4n) is 2.66. The van der Waals surface area contributed by atoms with Gasteiger partial charge in [0.2, 0.25) is 5.91 Å². The normalized spacial score (nSPS) is 10.8. The molecule has 0 aliphatic heterocycles. The Kier molecular flexibility index (Phi) is 7.91. The minimum atomic E-state index is -0.484. The predicted molar refractivity (Wildman–Crippen MR) is 125 cm³/mol. The number of hydrogen-bond acceptors (Lipinski definition) is 5. The molecule has 0 saturated heterocycles. The van der Waals surface area contributed by atoms with Crippen LogP contribution in [0.3, 0.4) is 0 Å². The lowest BCUT2D eigenvalue weighted by Crippen LogP contribution is -2.19. The van der Waals surface area contributed by atoms with Gasteiger partial charge in [-0.1, -0.05) is 42.5 Å². The largest absolute Gasteiger partial charge is 0.487 e. The van der Waals surface area contributed by atoms with Crippen molar-refractivity contribution in [3.8, 4) is 5.75 Å². The fourth-order valence-corrected chi connectivity index (χ4v) is 4.11. The maximum absolute atomic E-state index is 12.0. The van der Waals surface area contributed by atoms with Crippen molar-refractivity contribution in [3.05, 3.63) is 102 Å². The van der Waals surface area contributed by atoms with Crippen molar-refractivity contribution in [1.29, 1.82) is 0 Å². The number of nitro groups is 1. The third-order valence-electron chi connectivity index (χ3n) is 4.16. The Bertz CT molecular complexity index is 1080. The van der Waals surface area contributed by atoms with Crippen LogP contribution in [-0.2, 0) is 17.8 Å². The van der Waals surface area contributed by atoms with E-state index in [2.05, 4.69) is 42.4 Å². The third kappa shape index (κ3) is 6.73. The van der Waals surface area contributed by atoms with Crippen LogP contribution >= 0.6 is 31.9 Å². The molecule has 0 unspecified atom stereocenters. The Hall–Kier alpha value is -3.04. The van der Waals surface area contributed by atoms with Crippen LogP contribution < -0.4 is 10.2 Å². The van der Waals surface area contributed by atoms with Gasteiger partial charge in [0, 0.05) is 12.1 Å². The van der Waals surface area contributed by atoms with Gasteiger partial charge >= 0.3 is 0 Å². The summed E-state index contributed by atoms with van der Waals surface area (Å²) in [5.41, 5.74) is 4.90. The maximum atomic E-state index is 12.0. The van der Waals surface area contributed by atoms with E-state index >= 15 is 0 Å². The molecule has 1 amide bonds. The van der Waals surface area contributed by atoms with E-state index in [0.717, 1.165) is 20.1 Å². The topological polar surface area (TPSA) is 93.8 Å². The number of hydrogen-bond donors (Lipinski definition) is 1. The highest BCUT2D eigenvalue weighted by Gasteiger charge is 2.10. The molecule has 7 nitrogen and oxygen atoms in total. The van der Waals surface area contributed by atoms with Gasteiger partial charge in [-0.3, -0.25) is 14.9 Å². The molecular formula is C22H17Br2N3O4. The van der Waals surface area contributed by atoms with E-state index in [1.165, 1.54) is 18.3 Å². The highest BCUT2D eigenvalue weighted by atomic mass is 79.9. The van der Waals surface area contributed by atoms with Crippen molar-refractivity contribution < 1.29 is 14.5 Å². The van der Waals surface area contributed by atoms with Crippen molar-refractivity contribution in [2.45, 2.75) is 13.0 Å². The number of nitrogens with zero attached hydrogens (tertiary/aromatic N) is 2. The summed E-state index contributed by atoms with van der Waals surface area (Å²) in [6.45, 7) is 0.435. The Balaban J connectivity index is 1.56. The molecule has 0 aromatic heterocycles. The van der Waals surface area contributed by atoms with Crippen LogP contribution in [0.1, 0.15) is 16.7 Å². The molecule has 0 atom stereocenters. The average molecular weight is 547 g/mol. The first-order valence-corrected chi connectivity index (χ1v) is 10.7. The molecule has 1 N–H and O–H groups in total. The van der Waals surface area contributed by atoms with E-state index in [1.54, 1.807) is 12.1 Å². The number of carbonyl (C=O) groups excluding carboxylic acids is 1. The van der Waals surface area contributed by atoms with Gasteiger partial charge < -0.3 is 4.74 Å². The molecule has 0 saturated carbocycles. The summed E-state index contributed by atoms with van der Waals surface area (Å²) in [6, 6.07) is 19.3. The van der Waals surface area contributed by atoms with Gasteiger partial charge in [0.25, 0.3) is 5.69 Å². The van der Waals surface area contributed by atoms with Crippen LogP contribution in [0.25, 0.3) is 0 Å². The summed E-state index contributed by atoms with van der Waals surface area (Å²) in [5, 5.41) is 14.6. The molecule has 3 rings (SSSR count). The van der Waals surface area contributed by atoms with Gasteiger partial charge in [-0.05, 0) is 60.7 Å². The molecule has 158 valence electrons. The first-order valence-electron chi connectivity index (χ1n) is 9.13. The van der Waals surface area contributed by atoms with Crippen molar-refractivity contribution in [1.82, 2.24) is 5.43 Å². The molecule has 0 aliphatic carbocycles. The zero-order chi connectivity index (χ0) is 22.2. The van der Waals surface area contributed by atoms with Crippen LogP contribution in [0.2, 0.25) is 0 Å². The fraction of sp³-hybridized carbons (Fsp3) is 0.0909. The maximum Gasteiger partial charge on any atom is 0.269 e. The molecule has 9 heteroatoms. The summed E-state index contributed by atoms with van der Waals surface area (Å²) >= 11 is 7.00. The van der Waals surface area contributed by atoms with E-state index in [4.69, 9.17) is 4.74 Å². The summed E-state index contributed by atoms with van der Waals surface area (Å²) < 4.78 is 7.38. The highest BCUT2D eigenvalue weighted by molar-refractivity contribution is 9.11. The minimum Gasteiger partial charge on any atom is -0.487 e. The number of ether oxygens (including phenoxy) is 1. The zero-order valence-electron chi connectivity index (χ0n) is 16.1. The molecule has 31 heavy (non-hydrogen) atoms. The Labute approximate surface area is 195 Å². The third-order valence-corrected chi connectivity index (χ3v) is 5.34. The second-order valence-electron chi connectivity index (χ2n) is 6.48. The second kappa shape index (κ2) is 10.8. The Morgan fingerprint density at radius 3 is 2.29 bits per heavy atom. The van der Waals surface area contributed by atoms with E-state index in [9.17, 15) is 14.9 Å². The monoisotopic (exact) mass is 545 g/mol. The predicted octanol–water partition coefficient (Wildman–Crippen LogP) is 5.39. The molecule has 0 radical (unpaired) electrons.